The van der Waals surface area contributed by atoms with Crippen molar-refractivity contribution in [3.8, 4) is 5.75 Å². The highest BCUT2D eigenvalue weighted by Crippen LogP contribution is 2.26. The number of ether oxygens (including phenoxy) is 2. The van der Waals surface area contributed by atoms with Crippen LogP contribution in [-0.2, 0) is 16.1 Å². The standard InChI is InChI=1S/C16H21NO3/c1-19-16-8-4-14(5-9-16)11-20-10-13-2-6-15(7-3-13)17-12-18/h4-5,8-9,13,15H,2-3,6-7,10-11H2,1H3. The Balaban J connectivity index is 1.67. The smallest absolute Gasteiger partial charge is 0.235 e. The molecule has 0 unspecified atom stereocenters. The van der Waals surface area contributed by atoms with E-state index >= 15 is 0 Å². The molecule has 4 heteroatoms. The number of rotatable bonds is 6. The lowest BCUT2D eigenvalue weighted by molar-refractivity contribution is 0.0719. The minimum atomic E-state index is 0.185. The molecule has 1 aromatic carbocycles. The number of carbonyl (C=O) groups excluding carboxylic acids is 1. The summed E-state index contributed by atoms with van der Waals surface area (Å²) in [4.78, 5) is 14.0. The Labute approximate surface area is 119 Å². The van der Waals surface area contributed by atoms with Crippen molar-refractivity contribution >= 4 is 6.08 Å². The van der Waals surface area contributed by atoms with Crippen molar-refractivity contribution < 1.29 is 14.3 Å². The van der Waals surface area contributed by atoms with Crippen LogP contribution in [0.2, 0.25) is 0 Å². The fraction of sp³-hybridized carbons (Fsp3) is 0.562. The van der Waals surface area contributed by atoms with E-state index in [-0.39, 0.29) is 6.04 Å². The molecular weight excluding hydrogens is 254 g/mol. The van der Waals surface area contributed by atoms with Gasteiger partial charge < -0.3 is 9.47 Å². The van der Waals surface area contributed by atoms with Crippen LogP contribution in [0.5, 0.6) is 5.75 Å². The summed E-state index contributed by atoms with van der Waals surface area (Å²) in [6.45, 7) is 1.42. The second kappa shape index (κ2) is 7.83. The molecule has 2 rings (SSSR count). The van der Waals surface area contributed by atoms with Crippen LogP contribution in [-0.4, -0.2) is 25.8 Å². The third kappa shape index (κ3) is 4.48. The molecule has 1 fully saturated rings. The van der Waals surface area contributed by atoms with Crippen molar-refractivity contribution in [2.24, 2.45) is 10.9 Å². The molecule has 1 aliphatic rings. The second-order valence-corrected chi connectivity index (χ2v) is 5.26. The predicted molar refractivity (Wildman–Crippen MR) is 76.5 cm³/mol. The van der Waals surface area contributed by atoms with E-state index in [4.69, 9.17) is 9.47 Å². The van der Waals surface area contributed by atoms with Gasteiger partial charge in [0, 0.05) is 6.61 Å². The van der Waals surface area contributed by atoms with Gasteiger partial charge in [-0.15, -0.1) is 0 Å². The van der Waals surface area contributed by atoms with E-state index in [1.54, 1.807) is 13.2 Å². The average molecular weight is 275 g/mol. The molecule has 0 aromatic heterocycles. The van der Waals surface area contributed by atoms with Gasteiger partial charge in [0.25, 0.3) is 0 Å². The van der Waals surface area contributed by atoms with E-state index in [0.29, 0.717) is 12.5 Å². The van der Waals surface area contributed by atoms with Gasteiger partial charge in [-0.2, -0.15) is 0 Å². The molecule has 20 heavy (non-hydrogen) atoms. The van der Waals surface area contributed by atoms with Gasteiger partial charge in [0.2, 0.25) is 6.08 Å². The molecule has 0 N–H and O–H groups in total. The molecule has 0 bridgehead atoms. The highest BCUT2D eigenvalue weighted by molar-refractivity contribution is 5.33. The molecule has 4 nitrogen and oxygen atoms in total. The maximum Gasteiger partial charge on any atom is 0.235 e. The lowest BCUT2D eigenvalue weighted by atomic mass is 9.87. The van der Waals surface area contributed by atoms with Gasteiger partial charge in [0.15, 0.2) is 0 Å². The van der Waals surface area contributed by atoms with Crippen molar-refractivity contribution in [1.82, 2.24) is 0 Å². The van der Waals surface area contributed by atoms with Crippen molar-refractivity contribution in [3.63, 3.8) is 0 Å². The lowest BCUT2D eigenvalue weighted by Crippen LogP contribution is -2.20. The number of isocyanates is 1. The highest BCUT2D eigenvalue weighted by Gasteiger charge is 2.20. The van der Waals surface area contributed by atoms with Crippen molar-refractivity contribution in [2.45, 2.75) is 38.3 Å². The van der Waals surface area contributed by atoms with Crippen molar-refractivity contribution in [2.75, 3.05) is 13.7 Å². The summed E-state index contributed by atoms with van der Waals surface area (Å²) in [6, 6.07) is 8.12. The molecule has 0 aliphatic heterocycles. The monoisotopic (exact) mass is 275 g/mol. The Morgan fingerprint density at radius 1 is 1.20 bits per heavy atom. The van der Waals surface area contributed by atoms with Crippen LogP contribution in [0.1, 0.15) is 31.2 Å². The number of benzene rings is 1. The molecule has 1 aromatic rings. The molecule has 1 aliphatic carbocycles. The minimum absolute atomic E-state index is 0.185. The van der Waals surface area contributed by atoms with Gasteiger partial charge in [-0.25, -0.2) is 9.79 Å². The summed E-state index contributed by atoms with van der Waals surface area (Å²) in [5.41, 5.74) is 1.16. The number of hydrogen-bond acceptors (Lipinski definition) is 4. The maximum absolute atomic E-state index is 10.2. The van der Waals surface area contributed by atoms with E-state index in [2.05, 4.69) is 4.99 Å². The van der Waals surface area contributed by atoms with Gasteiger partial charge in [0.1, 0.15) is 5.75 Å². The highest BCUT2D eigenvalue weighted by atomic mass is 16.5. The summed E-state index contributed by atoms with van der Waals surface area (Å²) in [5.74, 6) is 1.45. The van der Waals surface area contributed by atoms with Gasteiger partial charge in [-0.3, -0.25) is 0 Å². The lowest BCUT2D eigenvalue weighted by Gasteiger charge is -2.25. The Morgan fingerprint density at radius 2 is 1.90 bits per heavy atom. The van der Waals surface area contributed by atoms with Crippen LogP contribution in [0.25, 0.3) is 0 Å². The molecular formula is C16H21NO3. The quantitative estimate of drug-likeness (QED) is 0.592. The van der Waals surface area contributed by atoms with Crippen LogP contribution in [0.15, 0.2) is 29.3 Å². The molecule has 0 amide bonds. The average Bonchev–Trinajstić information content (AvgIpc) is 2.50. The normalized spacial score (nSPS) is 22.1. The Kier molecular flexibility index (Phi) is 5.78. The van der Waals surface area contributed by atoms with Gasteiger partial charge >= 0.3 is 0 Å². The van der Waals surface area contributed by atoms with Crippen LogP contribution in [0.4, 0.5) is 0 Å². The predicted octanol–water partition coefficient (Wildman–Crippen LogP) is 3.11. The van der Waals surface area contributed by atoms with Crippen LogP contribution in [0.3, 0.4) is 0 Å². The van der Waals surface area contributed by atoms with Crippen molar-refractivity contribution in [1.29, 1.82) is 0 Å². The van der Waals surface area contributed by atoms with Crippen LogP contribution < -0.4 is 4.74 Å². The molecule has 0 heterocycles. The van der Waals surface area contributed by atoms with Crippen LogP contribution in [0, 0.1) is 5.92 Å². The molecule has 0 spiro atoms. The third-order valence-electron chi connectivity index (χ3n) is 3.83. The molecule has 1 saturated carbocycles. The number of hydrogen-bond donors (Lipinski definition) is 0. The molecule has 0 saturated heterocycles. The van der Waals surface area contributed by atoms with Gasteiger partial charge in [0.05, 0.1) is 19.8 Å². The third-order valence-corrected chi connectivity index (χ3v) is 3.83. The number of aliphatic imine (C=N–C) groups is 1. The van der Waals surface area contributed by atoms with E-state index < -0.39 is 0 Å². The first-order valence-electron chi connectivity index (χ1n) is 7.09. The first-order valence-corrected chi connectivity index (χ1v) is 7.09. The zero-order valence-electron chi connectivity index (χ0n) is 11.9. The fourth-order valence-electron chi connectivity index (χ4n) is 2.58. The SMILES string of the molecule is COc1ccc(COCC2CCC(N=C=O)CC2)cc1. The maximum atomic E-state index is 10.2. The largest absolute Gasteiger partial charge is 0.497 e. The first-order chi connectivity index (χ1) is 9.81. The Bertz CT molecular complexity index is 443. The van der Waals surface area contributed by atoms with Gasteiger partial charge in [-0.05, 0) is 49.3 Å². The topological polar surface area (TPSA) is 47.9 Å². The molecule has 0 radical (unpaired) electrons. The minimum Gasteiger partial charge on any atom is -0.497 e. The zero-order chi connectivity index (χ0) is 14.2. The van der Waals surface area contributed by atoms with Gasteiger partial charge in [-0.1, -0.05) is 12.1 Å². The first kappa shape index (κ1) is 14.8. The summed E-state index contributed by atoms with van der Waals surface area (Å²) in [7, 11) is 1.66. The Hall–Kier alpha value is -1.64. The molecule has 0 atom stereocenters. The Morgan fingerprint density at radius 3 is 2.50 bits per heavy atom. The second-order valence-electron chi connectivity index (χ2n) is 5.26. The van der Waals surface area contributed by atoms with E-state index in [1.807, 2.05) is 24.3 Å². The van der Waals surface area contributed by atoms with E-state index in [1.165, 1.54) is 0 Å². The van der Waals surface area contributed by atoms with E-state index in [0.717, 1.165) is 43.6 Å². The number of methoxy groups -OCH3 is 1. The van der Waals surface area contributed by atoms with E-state index in [9.17, 15) is 4.79 Å². The summed E-state index contributed by atoms with van der Waals surface area (Å²) in [6.07, 6.45) is 5.78. The van der Waals surface area contributed by atoms with Crippen molar-refractivity contribution in [3.05, 3.63) is 29.8 Å². The fourth-order valence-corrected chi connectivity index (χ4v) is 2.58. The number of nitrogens with zero attached hydrogens (tertiary/aromatic N) is 1. The molecule has 108 valence electrons. The summed E-state index contributed by atoms with van der Waals surface area (Å²) < 4.78 is 10.9. The zero-order valence-corrected chi connectivity index (χ0v) is 11.9. The summed E-state index contributed by atoms with van der Waals surface area (Å²) >= 11 is 0. The summed E-state index contributed by atoms with van der Waals surface area (Å²) in [5, 5.41) is 0. The van der Waals surface area contributed by atoms with Crippen LogP contribution >= 0.6 is 0 Å².